The van der Waals surface area contributed by atoms with Crippen LogP contribution in [0.1, 0.15) is 44.7 Å². The Hall–Kier alpha value is -1.21. The number of hydrogen-bond acceptors (Lipinski definition) is 6. The zero-order chi connectivity index (χ0) is 16.8. The van der Waals surface area contributed by atoms with Gasteiger partial charge in [0.1, 0.15) is 5.60 Å². The highest BCUT2D eigenvalue weighted by atomic mass is 16.7. The molecule has 1 aliphatic carbocycles. The zero-order valence-electron chi connectivity index (χ0n) is 14.2. The molecule has 1 unspecified atom stereocenters. The molecule has 1 aromatic rings. The first kappa shape index (κ1) is 16.3. The summed E-state index contributed by atoms with van der Waals surface area (Å²) in [6, 6.07) is 3.91. The average Bonchev–Trinajstić information content (AvgIpc) is 3.18. The minimum Gasteiger partial charge on any atom is -0.388 e. The highest BCUT2D eigenvalue weighted by Gasteiger charge is 2.46. The van der Waals surface area contributed by atoms with E-state index in [1.54, 1.807) is 0 Å². The lowest BCUT2D eigenvalue weighted by Gasteiger charge is -2.40. The van der Waals surface area contributed by atoms with Crippen LogP contribution in [0.3, 0.4) is 0 Å². The number of β-amino-alcohol motifs (C(OH)–C–C–N with tert-alkyl or cyclic N) is 1. The molecule has 1 atom stereocenters. The molecule has 24 heavy (non-hydrogen) atoms. The van der Waals surface area contributed by atoms with Crippen molar-refractivity contribution in [1.29, 1.82) is 0 Å². The summed E-state index contributed by atoms with van der Waals surface area (Å²) < 4.78 is 11.5. The molecular formula is C18H26N2O4. The van der Waals surface area contributed by atoms with Crippen LogP contribution in [0.25, 0.3) is 0 Å². The van der Waals surface area contributed by atoms with Crippen molar-refractivity contribution < 1.29 is 19.7 Å². The zero-order valence-corrected chi connectivity index (χ0v) is 14.2. The van der Waals surface area contributed by atoms with Gasteiger partial charge in [0.15, 0.2) is 5.79 Å². The summed E-state index contributed by atoms with van der Waals surface area (Å²) >= 11 is 0. The molecule has 132 valence electrons. The van der Waals surface area contributed by atoms with Gasteiger partial charge in [-0.1, -0.05) is 0 Å². The van der Waals surface area contributed by atoms with Crippen molar-refractivity contribution in [3.05, 3.63) is 24.0 Å². The molecule has 0 radical (unpaired) electrons. The summed E-state index contributed by atoms with van der Waals surface area (Å²) in [5.41, 5.74) is 0.172. The van der Waals surface area contributed by atoms with Gasteiger partial charge in [-0.2, -0.15) is 0 Å². The Morgan fingerprint density at radius 2 is 1.75 bits per heavy atom. The van der Waals surface area contributed by atoms with E-state index in [0.29, 0.717) is 51.1 Å². The van der Waals surface area contributed by atoms with Crippen molar-refractivity contribution in [2.75, 3.05) is 31.2 Å². The van der Waals surface area contributed by atoms with Crippen LogP contribution in [0.2, 0.25) is 0 Å². The topological polar surface area (TPSA) is 75.1 Å². The van der Waals surface area contributed by atoms with Gasteiger partial charge < -0.3 is 24.6 Å². The summed E-state index contributed by atoms with van der Waals surface area (Å²) in [5, 5.41) is 21.1. The monoisotopic (exact) mass is 334 g/mol. The quantitative estimate of drug-likeness (QED) is 0.855. The first-order chi connectivity index (χ1) is 11.4. The van der Waals surface area contributed by atoms with E-state index in [9.17, 15) is 10.2 Å². The van der Waals surface area contributed by atoms with Gasteiger partial charge in [0, 0.05) is 25.9 Å². The molecule has 1 saturated carbocycles. The Morgan fingerprint density at radius 3 is 2.29 bits per heavy atom. The molecule has 4 rings (SSSR count). The Morgan fingerprint density at radius 1 is 1.04 bits per heavy atom. The minimum atomic E-state index is -0.907. The fourth-order valence-corrected chi connectivity index (χ4v) is 4.10. The molecule has 1 spiro atoms. The summed E-state index contributed by atoms with van der Waals surface area (Å²) in [7, 11) is 0. The summed E-state index contributed by atoms with van der Waals surface area (Å²) in [5.74, 6) is -0.479. The van der Waals surface area contributed by atoms with Crippen LogP contribution in [0.5, 0.6) is 0 Å². The molecular weight excluding hydrogens is 308 g/mol. The first-order valence-electron chi connectivity index (χ1n) is 8.84. The Bertz CT molecular complexity index is 586. The second kappa shape index (κ2) is 5.66. The third-order valence-electron chi connectivity index (χ3n) is 5.69. The third kappa shape index (κ3) is 2.92. The number of anilines is 1. The summed E-state index contributed by atoms with van der Waals surface area (Å²) in [4.78, 5) is 6.66. The second-order valence-corrected chi connectivity index (χ2v) is 7.71. The molecule has 6 nitrogen and oxygen atoms in total. The van der Waals surface area contributed by atoms with Crippen LogP contribution < -0.4 is 4.90 Å². The highest BCUT2D eigenvalue weighted by Crippen LogP contribution is 2.44. The van der Waals surface area contributed by atoms with E-state index in [1.165, 1.54) is 0 Å². The van der Waals surface area contributed by atoms with Gasteiger partial charge >= 0.3 is 0 Å². The standard InChI is InChI=1S/C18H26N2O4/c1-16(21)8-9-20(13-16)14-2-3-15(19-12-14)17(22)4-6-18(7-5-17)23-10-11-24-18/h2-3,12,21-22H,4-11,13H2,1H3. The molecule has 1 aromatic heterocycles. The Labute approximate surface area is 142 Å². The number of aromatic nitrogens is 1. The number of hydrogen-bond donors (Lipinski definition) is 2. The number of ether oxygens (including phenoxy) is 2. The van der Waals surface area contributed by atoms with Crippen molar-refractivity contribution in [3.8, 4) is 0 Å². The fraction of sp³-hybridized carbons (Fsp3) is 0.722. The number of rotatable bonds is 2. The number of aliphatic hydroxyl groups is 2. The number of nitrogens with zero attached hydrogens (tertiary/aromatic N) is 2. The van der Waals surface area contributed by atoms with Crippen LogP contribution in [-0.2, 0) is 15.1 Å². The van der Waals surface area contributed by atoms with E-state index in [-0.39, 0.29) is 0 Å². The van der Waals surface area contributed by atoms with Gasteiger partial charge in [-0.3, -0.25) is 4.98 Å². The number of pyridine rings is 1. The van der Waals surface area contributed by atoms with Gasteiger partial charge in [-0.05, 0) is 38.3 Å². The maximum Gasteiger partial charge on any atom is 0.168 e. The molecule has 3 fully saturated rings. The van der Waals surface area contributed by atoms with E-state index < -0.39 is 17.0 Å². The molecule has 6 heteroatoms. The van der Waals surface area contributed by atoms with Crippen LogP contribution in [0.15, 0.2) is 18.3 Å². The lowest BCUT2D eigenvalue weighted by Crippen LogP contribution is -2.42. The van der Waals surface area contributed by atoms with Crippen LogP contribution in [-0.4, -0.2) is 52.9 Å². The lowest BCUT2D eigenvalue weighted by molar-refractivity contribution is -0.204. The molecule has 2 N–H and O–H groups in total. The van der Waals surface area contributed by atoms with Crippen molar-refractivity contribution in [3.63, 3.8) is 0 Å². The van der Waals surface area contributed by atoms with Crippen LogP contribution in [0.4, 0.5) is 5.69 Å². The maximum atomic E-state index is 11.0. The third-order valence-corrected chi connectivity index (χ3v) is 5.69. The summed E-state index contributed by atoms with van der Waals surface area (Å²) in [6.07, 6.45) is 5.15. The predicted octanol–water partition coefficient (Wildman–Crippen LogP) is 1.55. The normalized spacial score (nSPS) is 31.7. The van der Waals surface area contributed by atoms with E-state index in [4.69, 9.17) is 9.47 Å². The first-order valence-corrected chi connectivity index (χ1v) is 8.84. The highest BCUT2D eigenvalue weighted by molar-refractivity contribution is 5.47. The largest absolute Gasteiger partial charge is 0.388 e. The van der Waals surface area contributed by atoms with Gasteiger partial charge in [-0.15, -0.1) is 0 Å². The van der Waals surface area contributed by atoms with Gasteiger partial charge in [0.25, 0.3) is 0 Å². The molecule has 3 aliphatic rings. The van der Waals surface area contributed by atoms with Gasteiger partial charge in [0.05, 0.1) is 36.4 Å². The Kier molecular flexibility index (Phi) is 3.84. The molecule has 2 saturated heterocycles. The Balaban J connectivity index is 1.45. The summed E-state index contributed by atoms with van der Waals surface area (Å²) in [6.45, 7) is 4.60. The average molecular weight is 334 g/mol. The minimum absolute atomic E-state index is 0.479. The van der Waals surface area contributed by atoms with Crippen molar-refractivity contribution in [2.24, 2.45) is 0 Å². The van der Waals surface area contributed by atoms with E-state index in [1.807, 2.05) is 25.3 Å². The SMILES string of the molecule is CC1(O)CCN(c2ccc(C3(O)CCC4(CC3)OCCO4)nc2)C1. The van der Waals surface area contributed by atoms with Gasteiger partial charge in [-0.25, -0.2) is 0 Å². The smallest absolute Gasteiger partial charge is 0.168 e. The van der Waals surface area contributed by atoms with Crippen molar-refractivity contribution in [2.45, 2.75) is 56.0 Å². The molecule has 0 aromatic carbocycles. The fourth-order valence-electron chi connectivity index (χ4n) is 4.10. The molecule has 2 aliphatic heterocycles. The second-order valence-electron chi connectivity index (χ2n) is 7.71. The molecule has 0 amide bonds. The van der Waals surface area contributed by atoms with Gasteiger partial charge in [0.2, 0.25) is 0 Å². The maximum absolute atomic E-state index is 11.0. The van der Waals surface area contributed by atoms with Crippen molar-refractivity contribution >= 4 is 5.69 Å². The molecule has 3 heterocycles. The lowest BCUT2D eigenvalue weighted by atomic mass is 9.79. The van der Waals surface area contributed by atoms with Crippen LogP contribution in [0, 0.1) is 0 Å². The van der Waals surface area contributed by atoms with Crippen molar-refractivity contribution in [1.82, 2.24) is 4.98 Å². The van der Waals surface area contributed by atoms with E-state index >= 15 is 0 Å². The van der Waals surface area contributed by atoms with E-state index in [2.05, 4.69) is 9.88 Å². The molecule has 0 bridgehead atoms. The predicted molar refractivity (Wildman–Crippen MR) is 88.7 cm³/mol. The van der Waals surface area contributed by atoms with Crippen LogP contribution >= 0.6 is 0 Å². The van der Waals surface area contributed by atoms with E-state index in [0.717, 1.165) is 18.7 Å².